The van der Waals surface area contributed by atoms with E-state index < -0.39 is 0 Å². The minimum atomic E-state index is -0.206. The minimum Gasteiger partial charge on any atom is -0.382 e. The number of hydrogen-bond donors (Lipinski definition) is 2. The zero-order chi connectivity index (χ0) is 11.3. The Morgan fingerprint density at radius 3 is 2.80 bits per heavy atom. The molecule has 1 amide bonds. The monoisotopic (exact) mass is 208 g/mol. The lowest BCUT2D eigenvalue weighted by Crippen LogP contribution is -2.28. The van der Waals surface area contributed by atoms with Gasteiger partial charge >= 0.3 is 0 Å². The summed E-state index contributed by atoms with van der Waals surface area (Å²) in [4.78, 5) is 11.5. The second kappa shape index (κ2) is 5.29. The smallest absolute Gasteiger partial charge is 0.271 e. The molecule has 0 aliphatic heterocycles. The third kappa shape index (κ3) is 3.53. The van der Waals surface area contributed by atoms with E-state index in [0.717, 1.165) is 6.42 Å². The van der Waals surface area contributed by atoms with Crippen LogP contribution in [0.25, 0.3) is 0 Å². The van der Waals surface area contributed by atoms with E-state index in [4.69, 9.17) is 5.73 Å². The number of nitrogens with one attached hydrogen (secondary N) is 1. The molecule has 0 aliphatic rings. The van der Waals surface area contributed by atoms with Crippen molar-refractivity contribution in [1.82, 2.24) is 15.5 Å². The van der Waals surface area contributed by atoms with Crippen molar-refractivity contribution in [2.45, 2.75) is 20.3 Å². The first-order valence-electron chi connectivity index (χ1n) is 5.01. The fraction of sp³-hybridized carbons (Fsp3) is 0.500. The molecule has 1 unspecified atom stereocenters. The number of nitrogen functional groups attached to an aromatic ring is 1. The maximum Gasteiger partial charge on any atom is 0.271 e. The largest absolute Gasteiger partial charge is 0.382 e. The van der Waals surface area contributed by atoms with Crippen LogP contribution in [0.4, 0.5) is 5.82 Å². The number of hydrogen-bond acceptors (Lipinski definition) is 4. The number of carbonyl (C=O) groups excluding carboxylic acids is 1. The molecule has 0 spiro atoms. The topological polar surface area (TPSA) is 80.9 Å². The first-order valence-corrected chi connectivity index (χ1v) is 5.01. The molecule has 0 aliphatic carbocycles. The maximum absolute atomic E-state index is 11.5. The van der Waals surface area contributed by atoms with Crippen molar-refractivity contribution in [2.24, 2.45) is 5.92 Å². The van der Waals surface area contributed by atoms with Crippen molar-refractivity contribution >= 4 is 11.7 Å². The predicted molar refractivity (Wildman–Crippen MR) is 58.2 cm³/mol. The van der Waals surface area contributed by atoms with E-state index in [2.05, 4.69) is 29.4 Å². The van der Waals surface area contributed by atoms with E-state index in [1.54, 1.807) is 12.1 Å². The van der Waals surface area contributed by atoms with E-state index in [9.17, 15) is 4.79 Å². The highest BCUT2D eigenvalue weighted by Gasteiger charge is 2.08. The molecule has 5 nitrogen and oxygen atoms in total. The van der Waals surface area contributed by atoms with E-state index in [1.165, 1.54) is 0 Å². The summed E-state index contributed by atoms with van der Waals surface area (Å²) in [7, 11) is 0. The summed E-state index contributed by atoms with van der Waals surface area (Å²) in [6.07, 6.45) is 1.04. The number of rotatable bonds is 4. The van der Waals surface area contributed by atoms with Gasteiger partial charge in [-0.1, -0.05) is 20.3 Å². The summed E-state index contributed by atoms with van der Waals surface area (Å²) < 4.78 is 0. The Morgan fingerprint density at radius 1 is 1.53 bits per heavy atom. The van der Waals surface area contributed by atoms with Gasteiger partial charge in [0, 0.05) is 6.54 Å². The van der Waals surface area contributed by atoms with Crippen molar-refractivity contribution in [2.75, 3.05) is 12.3 Å². The van der Waals surface area contributed by atoms with Gasteiger partial charge < -0.3 is 11.1 Å². The molecular weight excluding hydrogens is 192 g/mol. The molecule has 82 valence electrons. The number of anilines is 1. The normalized spacial score (nSPS) is 12.1. The molecule has 0 saturated heterocycles. The summed E-state index contributed by atoms with van der Waals surface area (Å²) >= 11 is 0. The lowest BCUT2D eigenvalue weighted by Gasteiger charge is -2.09. The first kappa shape index (κ1) is 11.4. The van der Waals surface area contributed by atoms with Crippen molar-refractivity contribution < 1.29 is 4.79 Å². The summed E-state index contributed by atoms with van der Waals surface area (Å²) in [6, 6.07) is 3.12. The van der Waals surface area contributed by atoms with E-state index in [1.807, 2.05) is 0 Å². The highest BCUT2D eigenvalue weighted by atomic mass is 16.1. The van der Waals surface area contributed by atoms with E-state index in [-0.39, 0.29) is 5.91 Å². The van der Waals surface area contributed by atoms with Crippen molar-refractivity contribution in [1.29, 1.82) is 0 Å². The number of nitrogens with two attached hydrogens (primary N) is 1. The molecule has 1 atom stereocenters. The summed E-state index contributed by atoms with van der Waals surface area (Å²) in [5.74, 6) is 0.576. The average molecular weight is 208 g/mol. The summed E-state index contributed by atoms with van der Waals surface area (Å²) in [5.41, 5.74) is 5.66. The molecule has 1 heterocycles. The minimum absolute atomic E-state index is 0.206. The molecule has 1 rings (SSSR count). The second-order valence-corrected chi connectivity index (χ2v) is 3.57. The molecule has 5 heteroatoms. The van der Waals surface area contributed by atoms with Gasteiger partial charge in [0.25, 0.3) is 5.91 Å². The van der Waals surface area contributed by atoms with E-state index in [0.29, 0.717) is 24.0 Å². The Morgan fingerprint density at radius 2 is 2.27 bits per heavy atom. The van der Waals surface area contributed by atoms with Crippen LogP contribution in [-0.2, 0) is 0 Å². The van der Waals surface area contributed by atoms with Crippen LogP contribution in [0, 0.1) is 5.92 Å². The highest BCUT2D eigenvalue weighted by Crippen LogP contribution is 2.00. The lowest BCUT2D eigenvalue weighted by molar-refractivity contribution is 0.0942. The summed E-state index contributed by atoms with van der Waals surface area (Å²) in [6.45, 7) is 4.82. The standard InChI is InChI=1S/C10H16N4O/c1-3-7(2)6-12-10(15)8-4-5-9(11)14-13-8/h4-5,7H,3,6H2,1-2H3,(H2,11,14)(H,12,15). The zero-order valence-corrected chi connectivity index (χ0v) is 9.03. The van der Waals surface area contributed by atoms with Crippen LogP contribution >= 0.6 is 0 Å². The van der Waals surface area contributed by atoms with Crippen molar-refractivity contribution in [3.63, 3.8) is 0 Å². The maximum atomic E-state index is 11.5. The van der Waals surface area contributed by atoms with Crippen LogP contribution in [-0.4, -0.2) is 22.6 Å². The number of amides is 1. The van der Waals surface area contributed by atoms with Gasteiger partial charge in [-0.2, -0.15) is 0 Å². The van der Waals surface area contributed by atoms with Gasteiger partial charge in [0.05, 0.1) is 0 Å². The van der Waals surface area contributed by atoms with E-state index >= 15 is 0 Å². The third-order valence-corrected chi connectivity index (χ3v) is 2.23. The van der Waals surface area contributed by atoms with Gasteiger partial charge in [0.1, 0.15) is 5.82 Å². The molecule has 15 heavy (non-hydrogen) atoms. The van der Waals surface area contributed by atoms with Crippen LogP contribution in [0.3, 0.4) is 0 Å². The molecule has 1 aromatic rings. The van der Waals surface area contributed by atoms with Crippen LogP contribution in [0.15, 0.2) is 12.1 Å². The van der Waals surface area contributed by atoms with Crippen LogP contribution in [0.5, 0.6) is 0 Å². The molecule has 3 N–H and O–H groups in total. The van der Waals surface area contributed by atoms with Gasteiger partial charge in [-0.25, -0.2) is 0 Å². The second-order valence-electron chi connectivity index (χ2n) is 3.57. The molecular formula is C10H16N4O. The third-order valence-electron chi connectivity index (χ3n) is 2.23. The molecule has 0 radical (unpaired) electrons. The van der Waals surface area contributed by atoms with Gasteiger partial charge in [-0.15, -0.1) is 10.2 Å². The Bertz CT molecular complexity index is 323. The lowest BCUT2D eigenvalue weighted by atomic mass is 10.1. The molecule has 0 fully saturated rings. The number of nitrogens with zero attached hydrogens (tertiary/aromatic N) is 2. The van der Waals surface area contributed by atoms with Gasteiger partial charge in [-0.05, 0) is 18.1 Å². The predicted octanol–water partition coefficient (Wildman–Crippen LogP) is 0.835. The fourth-order valence-electron chi connectivity index (χ4n) is 0.966. The van der Waals surface area contributed by atoms with Gasteiger partial charge in [-0.3, -0.25) is 4.79 Å². The van der Waals surface area contributed by atoms with Crippen molar-refractivity contribution in [3.05, 3.63) is 17.8 Å². The van der Waals surface area contributed by atoms with Crippen LogP contribution in [0.1, 0.15) is 30.8 Å². The fourth-order valence-corrected chi connectivity index (χ4v) is 0.966. The molecule has 1 aromatic heterocycles. The summed E-state index contributed by atoms with van der Waals surface area (Å²) in [5, 5.41) is 10.1. The Hall–Kier alpha value is -1.65. The molecule has 0 saturated carbocycles. The SMILES string of the molecule is CCC(C)CNC(=O)c1ccc(N)nn1. The Labute approximate surface area is 89.1 Å². The Kier molecular flexibility index (Phi) is 4.03. The first-order chi connectivity index (χ1) is 7.13. The molecule has 0 bridgehead atoms. The number of aromatic nitrogens is 2. The van der Waals surface area contributed by atoms with Gasteiger partial charge in [0.2, 0.25) is 0 Å². The average Bonchev–Trinajstić information content (AvgIpc) is 2.26. The van der Waals surface area contributed by atoms with Crippen LogP contribution in [0.2, 0.25) is 0 Å². The number of carbonyl (C=O) groups is 1. The Balaban J connectivity index is 2.50. The highest BCUT2D eigenvalue weighted by molar-refractivity contribution is 5.92. The quantitative estimate of drug-likeness (QED) is 0.768. The van der Waals surface area contributed by atoms with Gasteiger partial charge in [0.15, 0.2) is 5.69 Å². The molecule has 0 aromatic carbocycles. The van der Waals surface area contributed by atoms with Crippen molar-refractivity contribution in [3.8, 4) is 0 Å². The zero-order valence-electron chi connectivity index (χ0n) is 9.03. The van der Waals surface area contributed by atoms with Crippen LogP contribution < -0.4 is 11.1 Å².